The Labute approximate surface area is 149 Å². The Balaban J connectivity index is 2.00. The molecule has 2 atom stereocenters. The lowest BCUT2D eigenvalue weighted by Crippen LogP contribution is -2.30. The number of benzene rings is 1. The van der Waals surface area contributed by atoms with Crippen molar-refractivity contribution in [2.24, 2.45) is 5.73 Å². The Kier molecular flexibility index (Phi) is 5.36. The molecule has 0 saturated heterocycles. The van der Waals surface area contributed by atoms with Gasteiger partial charge < -0.3 is 24.3 Å². The van der Waals surface area contributed by atoms with Crippen LogP contribution in [0.1, 0.15) is 31.4 Å². The highest BCUT2D eigenvalue weighted by atomic mass is 16.5. The normalized spacial score (nSPS) is 16.9. The summed E-state index contributed by atoms with van der Waals surface area (Å²) in [4.78, 5) is 19.0. The molecule has 0 spiro atoms. The number of ether oxygens (including phenoxy) is 2. The summed E-state index contributed by atoms with van der Waals surface area (Å²) in [7, 11) is -1.29. The molecule has 2 aromatic rings. The first-order valence-electron chi connectivity index (χ1n) is 8.07. The van der Waals surface area contributed by atoms with E-state index in [9.17, 15) is 9.82 Å². The second-order valence-corrected chi connectivity index (χ2v) is 5.71. The molecule has 1 aliphatic rings. The van der Waals surface area contributed by atoms with E-state index in [4.69, 9.17) is 25.0 Å². The molecular weight excluding hydrogens is 341 g/mol. The molecule has 3 rings (SSSR count). The monoisotopic (exact) mass is 359 g/mol. The summed E-state index contributed by atoms with van der Waals surface area (Å²) < 4.78 is 16.7. The van der Waals surface area contributed by atoms with Gasteiger partial charge in [0.2, 0.25) is 5.88 Å². The van der Waals surface area contributed by atoms with Gasteiger partial charge in [-0.2, -0.15) is 0 Å². The van der Waals surface area contributed by atoms with E-state index in [0.29, 0.717) is 28.9 Å². The van der Waals surface area contributed by atoms with Crippen LogP contribution in [0.15, 0.2) is 30.7 Å². The molecule has 2 heterocycles. The second-order valence-electron chi connectivity index (χ2n) is 5.71. The highest BCUT2D eigenvalue weighted by molar-refractivity contribution is 6.62. The number of nitrogens with two attached hydrogens (primary N) is 1. The van der Waals surface area contributed by atoms with Gasteiger partial charge in [-0.25, -0.2) is 4.98 Å². The standard InChI is InChI=1S/C16H18BN3O6/c1-2-13(18)25-11-6-9(24-14-8-19-3-4-20-14)5-10-16(11)12(7-15(21)22)26-17(10)23/h3-6,8,12-13,23H,2,7,18H2,1H3,(H,21,22). The van der Waals surface area contributed by atoms with Crippen molar-refractivity contribution in [2.45, 2.75) is 32.1 Å². The predicted octanol–water partition coefficient (Wildman–Crippen LogP) is 0.576. The number of aliphatic carboxylic acids is 1. The van der Waals surface area contributed by atoms with E-state index in [1.165, 1.54) is 18.6 Å². The average Bonchev–Trinajstić information content (AvgIpc) is 2.91. The van der Waals surface area contributed by atoms with E-state index in [-0.39, 0.29) is 12.3 Å². The zero-order valence-corrected chi connectivity index (χ0v) is 14.0. The Morgan fingerprint density at radius 3 is 2.92 bits per heavy atom. The van der Waals surface area contributed by atoms with Crippen molar-refractivity contribution in [2.75, 3.05) is 0 Å². The Morgan fingerprint density at radius 1 is 1.46 bits per heavy atom. The summed E-state index contributed by atoms with van der Waals surface area (Å²) in [5.74, 6) is -0.158. The summed E-state index contributed by atoms with van der Waals surface area (Å²) in [5, 5.41) is 19.3. The van der Waals surface area contributed by atoms with Crippen molar-refractivity contribution in [3.05, 3.63) is 36.3 Å². The summed E-state index contributed by atoms with van der Waals surface area (Å²) in [6.07, 6.45) is 3.21. The third-order valence-electron chi connectivity index (χ3n) is 3.83. The van der Waals surface area contributed by atoms with Gasteiger partial charge >= 0.3 is 13.1 Å². The first-order valence-corrected chi connectivity index (χ1v) is 8.07. The molecule has 136 valence electrons. The minimum absolute atomic E-state index is 0.258. The first kappa shape index (κ1) is 18.1. The number of rotatable bonds is 7. The largest absolute Gasteiger partial charge is 0.492 e. The fourth-order valence-electron chi connectivity index (χ4n) is 2.64. The van der Waals surface area contributed by atoms with Gasteiger partial charge in [0.1, 0.15) is 17.7 Å². The SMILES string of the molecule is CCC(N)Oc1cc(Oc2cnccn2)cc2c1C(CC(=O)O)OB2O. The van der Waals surface area contributed by atoms with Crippen LogP contribution in [0, 0.1) is 0 Å². The van der Waals surface area contributed by atoms with Gasteiger partial charge in [0.25, 0.3) is 0 Å². The molecular formula is C16H18BN3O6. The van der Waals surface area contributed by atoms with Crippen LogP contribution in [0.25, 0.3) is 0 Å². The van der Waals surface area contributed by atoms with Crippen molar-refractivity contribution >= 4 is 18.6 Å². The molecule has 10 heteroatoms. The molecule has 9 nitrogen and oxygen atoms in total. The maximum absolute atomic E-state index is 11.1. The maximum atomic E-state index is 11.1. The Hall–Kier alpha value is -2.69. The number of fused-ring (bicyclic) bond motifs is 1. The molecule has 1 aromatic carbocycles. The number of aromatic nitrogens is 2. The van der Waals surface area contributed by atoms with Crippen LogP contribution in [-0.4, -0.2) is 39.4 Å². The van der Waals surface area contributed by atoms with Crippen LogP contribution < -0.4 is 20.7 Å². The zero-order chi connectivity index (χ0) is 18.7. The van der Waals surface area contributed by atoms with Gasteiger partial charge in [0, 0.05) is 24.0 Å². The maximum Gasteiger partial charge on any atom is 0.492 e. The van der Waals surface area contributed by atoms with Crippen molar-refractivity contribution in [1.82, 2.24) is 9.97 Å². The molecule has 0 radical (unpaired) electrons. The number of carboxylic acids is 1. The third kappa shape index (κ3) is 3.93. The minimum Gasteiger partial charge on any atom is -0.481 e. The van der Waals surface area contributed by atoms with E-state index < -0.39 is 25.4 Å². The van der Waals surface area contributed by atoms with Crippen LogP contribution in [-0.2, 0) is 9.45 Å². The minimum atomic E-state index is -1.29. The van der Waals surface area contributed by atoms with Crippen molar-refractivity contribution in [1.29, 1.82) is 0 Å². The predicted molar refractivity (Wildman–Crippen MR) is 91.1 cm³/mol. The average molecular weight is 359 g/mol. The quantitative estimate of drug-likeness (QED) is 0.479. The summed E-state index contributed by atoms with van der Waals surface area (Å²) >= 11 is 0. The molecule has 4 N–H and O–H groups in total. The van der Waals surface area contributed by atoms with E-state index in [1.54, 1.807) is 12.1 Å². The van der Waals surface area contributed by atoms with Crippen LogP contribution in [0.4, 0.5) is 0 Å². The molecule has 26 heavy (non-hydrogen) atoms. The Bertz CT molecular complexity index is 791. The zero-order valence-electron chi connectivity index (χ0n) is 14.0. The Morgan fingerprint density at radius 2 is 2.27 bits per heavy atom. The molecule has 1 aliphatic heterocycles. The molecule has 0 saturated carbocycles. The van der Waals surface area contributed by atoms with E-state index in [2.05, 4.69) is 9.97 Å². The van der Waals surface area contributed by atoms with Gasteiger partial charge in [-0.1, -0.05) is 6.92 Å². The van der Waals surface area contributed by atoms with E-state index in [1.807, 2.05) is 6.92 Å². The molecule has 0 amide bonds. The highest BCUT2D eigenvalue weighted by Crippen LogP contribution is 2.37. The van der Waals surface area contributed by atoms with Crippen molar-refractivity contribution < 1.29 is 29.1 Å². The summed E-state index contributed by atoms with van der Waals surface area (Å²) in [5.41, 5.74) is 6.70. The fourth-order valence-corrected chi connectivity index (χ4v) is 2.64. The lowest BCUT2D eigenvalue weighted by molar-refractivity contribution is -0.138. The van der Waals surface area contributed by atoms with Crippen LogP contribution in [0.2, 0.25) is 0 Å². The molecule has 0 fully saturated rings. The fraction of sp³-hybridized carbons (Fsp3) is 0.312. The lowest BCUT2D eigenvalue weighted by Gasteiger charge is -2.19. The topological polar surface area (TPSA) is 137 Å². The van der Waals surface area contributed by atoms with Crippen molar-refractivity contribution in [3.8, 4) is 17.4 Å². The number of hydrogen-bond donors (Lipinski definition) is 3. The first-order chi connectivity index (χ1) is 12.5. The highest BCUT2D eigenvalue weighted by Gasteiger charge is 2.39. The van der Waals surface area contributed by atoms with Gasteiger partial charge in [-0.15, -0.1) is 0 Å². The number of nitrogens with zero attached hydrogens (tertiary/aromatic N) is 2. The van der Waals surface area contributed by atoms with Crippen LogP contribution >= 0.6 is 0 Å². The summed E-state index contributed by atoms with van der Waals surface area (Å²) in [6, 6.07) is 3.13. The van der Waals surface area contributed by atoms with Gasteiger partial charge in [0.15, 0.2) is 0 Å². The lowest BCUT2D eigenvalue weighted by atomic mass is 9.78. The third-order valence-corrected chi connectivity index (χ3v) is 3.83. The molecule has 0 bridgehead atoms. The number of carbonyl (C=O) groups is 1. The van der Waals surface area contributed by atoms with E-state index in [0.717, 1.165) is 0 Å². The van der Waals surface area contributed by atoms with Crippen LogP contribution in [0.3, 0.4) is 0 Å². The number of carboxylic acid groups (broad SMARTS) is 1. The molecule has 0 aliphatic carbocycles. The van der Waals surface area contributed by atoms with Gasteiger partial charge in [-0.05, 0) is 17.9 Å². The molecule has 2 unspecified atom stereocenters. The number of hydrogen-bond acceptors (Lipinski definition) is 8. The van der Waals surface area contributed by atoms with Crippen LogP contribution in [0.5, 0.6) is 17.4 Å². The van der Waals surface area contributed by atoms with E-state index >= 15 is 0 Å². The second kappa shape index (κ2) is 7.69. The summed E-state index contributed by atoms with van der Waals surface area (Å²) in [6.45, 7) is 1.85. The van der Waals surface area contributed by atoms with Crippen molar-refractivity contribution in [3.63, 3.8) is 0 Å². The smallest absolute Gasteiger partial charge is 0.481 e. The van der Waals surface area contributed by atoms with Gasteiger partial charge in [0.05, 0.1) is 18.7 Å². The van der Waals surface area contributed by atoms with Gasteiger partial charge in [-0.3, -0.25) is 15.5 Å². The molecule has 1 aromatic heterocycles.